The lowest BCUT2D eigenvalue weighted by Crippen LogP contribution is -2.50. The van der Waals surface area contributed by atoms with Crippen LogP contribution in [0.1, 0.15) is 57.1 Å². The predicted octanol–water partition coefficient (Wildman–Crippen LogP) is 5.33. The molecule has 0 radical (unpaired) electrons. The van der Waals surface area contributed by atoms with Crippen molar-refractivity contribution in [3.8, 4) is 17.2 Å². The van der Waals surface area contributed by atoms with E-state index >= 15 is 0 Å². The number of hydrogen-bond donors (Lipinski definition) is 0. The van der Waals surface area contributed by atoms with Gasteiger partial charge in [-0.25, -0.2) is 0 Å². The first-order chi connectivity index (χ1) is 17.4. The normalized spacial score (nSPS) is 19.2. The van der Waals surface area contributed by atoms with E-state index in [4.69, 9.17) is 14.2 Å². The third-order valence-electron chi connectivity index (χ3n) is 7.62. The van der Waals surface area contributed by atoms with E-state index in [9.17, 15) is 4.79 Å². The molecule has 2 aliphatic rings. The number of methoxy groups -OCH3 is 1. The number of rotatable bonds is 5. The van der Waals surface area contributed by atoms with Gasteiger partial charge in [-0.1, -0.05) is 30.7 Å². The number of likely N-dealkylation sites (tertiary alicyclic amines) is 1. The van der Waals surface area contributed by atoms with Crippen LogP contribution in [0, 0.1) is 5.41 Å². The van der Waals surface area contributed by atoms with Crippen LogP contribution in [0.4, 0.5) is 0 Å². The second-order valence-corrected chi connectivity index (χ2v) is 10.6. The number of benzene rings is 2. The van der Waals surface area contributed by atoms with Gasteiger partial charge in [0.15, 0.2) is 11.5 Å². The summed E-state index contributed by atoms with van der Waals surface area (Å²) in [6.07, 6.45) is 5.99. The molecular weight excluding hydrogens is 452 g/mol. The van der Waals surface area contributed by atoms with Gasteiger partial charge in [-0.05, 0) is 88.4 Å². The summed E-state index contributed by atoms with van der Waals surface area (Å²) in [5.41, 5.74) is 2.21. The summed E-state index contributed by atoms with van der Waals surface area (Å²) in [4.78, 5) is 18.1. The van der Waals surface area contributed by atoms with Crippen molar-refractivity contribution in [3.63, 3.8) is 0 Å². The molecule has 6 heteroatoms. The van der Waals surface area contributed by atoms with Gasteiger partial charge in [0.05, 0.1) is 25.2 Å². The van der Waals surface area contributed by atoms with E-state index in [1.54, 1.807) is 7.11 Å². The van der Waals surface area contributed by atoms with Crippen molar-refractivity contribution in [1.29, 1.82) is 0 Å². The van der Waals surface area contributed by atoms with Crippen molar-refractivity contribution in [2.75, 3.05) is 40.4 Å². The lowest BCUT2D eigenvalue weighted by molar-refractivity contribution is -0.145. The van der Waals surface area contributed by atoms with Gasteiger partial charge in [-0.15, -0.1) is 0 Å². The topological polar surface area (TPSA) is 51.2 Å². The number of piperidine rings is 1. The zero-order chi connectivity index (χ0) is 25.5. The van der Waals surface area contributed by atoms with E-state index in [1.165, 1.54) is 11.1 Å². The van der Waals surface area contributed by atoms with Crippen molar-refractivity contribution in [2.24, 2.45) is 5.41 Å². The van der Waals surface area contributed by atoms with Crippen molar-refractivity contribution in [3.05, 3.63) is 53.6 Å². The van der Waals surface area contributed by atoms with Gasteiger partial charge in [-0.2, -0.15) is 0 Å². The van der Waals surface area contributed by atoms with Crippen LogP contribution in [-0.4, -0.2) is 62.2 Å². The van der Waals surface area contributed by atoms with Gasteiger partial charge in [0, 0.05) is 13.6 Å². The molecule has 0 aromatic heterocycles. The van der Waals surface area contributed by atoms with Crippen LogP contribution < -0.4 is 14.2 Å². The largest absolute Gasteiger partial charge is 0.493 e. The Bertz CT molecular complexity index is 1010. The zero-order valence-electron chi connectivity index (χ0n) is 22.4. The number of hydrogen-bond acceptors (Lipinski definition) is 5. The Balaban J connectivity index is 1.41. The summed E-state index contributed by atoms with van der Waals surface area (Å²) in [6.45, 7) is 7.89. The first-order valence-electron chi connectivity index (χ1n) is 13.4. The highest BCUT2D eigenvalue weighted by atomic mass is 16.5. The Morgan fingerprint density at radius 2 is 1.78 bits per heavy atom. The summed E-state index contributed by atoms with van der Waals surface area (Å²) in [6, 6.07) is 14.5. The average molecular weight is 495 g/mol. The van der Waals surface area contributed by atoms with E-state index in [-0.39, 0.29) is 17.4 Å². The molecule has 0 bridgehead atoms. The van der Waals surface area contributed by atoms with Crippen LogP contribution >= 0.6 is 0 Å². The highest BCUT2D eigenvalue weighted by molar-refractivity contribution is 5.82. The van der Waals surface area contributed by atoms with Gasteiger partial charge >= 0.3 is 0 Å². The van der Waals surface area contributed by atoms with Crippen molar-refractivity contribution >= 4 is 5.91 Å². The lowest BCUT2D eigenvalue weighted by atomic mass is 9.73. The average Bonchev–Trinajstić information content (AvgIpc) is 2.87. The standard InChI is InChI=1S/C30H42N2O4/c1-23(2)36-28-21-24(12-13-27(28)34-4)22-32-17-15-30(16-18-32)14-8-7-10-25-9-5-6-11-26(25)35-20-19-31(3)29(30)33/h5-6,9,11-13,21,23H,7-8,10,14-20,22H2,1-4H3. The SMILES string of the molecule is COc1ccc(CN2CCC3(CCCCc4ccccc4OCCN(C)C3=O)CC2)cc1OC(C)C. The number of aryl methyl sites for hydroxylation is 1. The summed E-state index contributed by atoms with van der Waals surface area (Å²) >= 11 is 0. The number of carbonyl (C=O) groups is 1. The molecule has 1 spiro atoms. The highest BCUT2D eigenvalue weighted by Crippen LogP contribution is 2.40. The molecule has 1 saturated heterocycles. The number of carbonyl (C=O) groups excluding carboxylic acids is 1. The minimum atomic E-state index is -0.268. The number of fused-ring (bicyclic) bond motifs is 1. The van der Waals surface area contributed by atoms with Crippen LogP contribution in [0.5, 0.6) is 17.2 Å². The molecule has 6 nitrogen and oxygen atoms in total. The fourth-order valence-electron chi connectivity index (χ4n) is 5.56. The number of para-hydroxylation sites is 1. The molecule has 1 fully saturated rings. The van der Waals surface area contributed by atoms with Crippen LogP contribution in [-0.2, 0) is 17.8 Å². The molecule has 4 rings (SSSR count). The second kappa shape index (κ2) is 12.0. The maximum absolute atomic E-state index is 13.7. The number of amides is 1. The van der Waals surface area contributed by atoms with E-state index in [0.717, 1.165) is 75.4 Å². The Kier molecular flexibility index (Phi) is 8.78. The Morgan fingerprint density at radius 1 is 1.00 bits per heavy atom. The third kappa shape index (κ3) is 6.33. The summed E-state index contributed by atoms with van der Waals surface area (Å²) in [5.74, 6) is 2.80. The van der Waals surface area contributed by atoms with Crippen molar-refractivity contribution < 1.29 is 19.0 Å². The molecule has 2 aromatic rings. The molecule has 2 aliphatic heterocycles. The van der Waals surface area contributed by atoms with Gasteiger partial charge in [-0.3, -0.25) is 9.69 Å². The maximum atomic E-state index is 13.7. The smallest absolute Gasteiger partial charge is 0.228 e. The predicted molar refractivity (Wildman–Crippen MR) is 143 cm³/mol. The number of ether oxygens (including phenoxy) is 3. The van der Waals surface area contributed by atoms with Gasteiger partial charge in [0.2, 0.25) is 5.91 Å². The first kappa shape index (κ1) is 26.3. The molecule has 1 amide bonds. The Morgan fingerprint density at radius 3 is 2.53 bits per heavy atom. The summed E-state index contributed by atoms with van der Waals surface area (Å²) in [5, 5.41) is 0. The van der Waals surface area contributed by atoms with Crippen LogP contribution in [0.2, 0.25) is 0 Å². The number of nitrogens with zero attached hydrogens (tertiary/aromatic N) is 2. The molecular formula is C30H42N2O4. The van der Waals surface area contributed by atoms with Gasteiger partial charge in [0.25, 0.3) is 0 Å². The van der Waals surface area contributed by atoms with E-state index in [1.807, 2.05) is 44.0 Å². The van der Waals surface area contributed by atoms with E-state index in [0.29, 0.717) is 13.2 Å². The van der Waals surface area contributed by atoms with Crippen LogP contribution in [0.3, 0.4) is 0 Å². The lowest BCUT2D eigenvalue weighted by Gasteiger charge is -2.43. The first-order valence-corrected chi connectivity index (χ1v) is 13.4. The Hall–Kier alpha value is -2.73. The molecule has 2 heterocycles. The zero-order valence-corrected chi connectivity index (χ0v) is 22.4. The molecule has 0 aliphatic carbocycles. The summed E-state index contributed by atoms with van der Waals surface area (Å²) in [7, 11) is 3.61. The molecule has 0 atom stereocenters. The molecule has 0 unspecified atom stereocenters. The molecule has 2 aromatic carbocycles. The second-order valence-electron chi connectivity index (χ2n) is 10.6. The van der Waals surface area contributed by atoms with Gasteiger partial charge in [0.1, 0.15) is 12.4 Å². The minimum Gasteiger partial charge on any atom is -0.493 e. The quantitative estimate of drug-likeness (QED) is 0.563. The third-order valence-corrected chi connectivity index (χ3v) is 7.62. The molecule has 36 heavy (non-hydrogen) atoms. The minimum absolute atomic E-state index is 0.0898. The summed E-state index contributed by atoms with van der Waals surface area (Å²) < 4.78 is 17.5. The van der Waals surface area contributed by atoms with Crippen LogP contribution in [0.25, 0.3) is 0 Å². The van der Waals surface area contributed by atoms with E-state index < -0.39 is 0 Å². The maximum Gasteiger partial charge on any atom is 0.228 e. The highest BCUT2D eigenvalue weighted by Gasteiger charge is 2.42. The van der Waals surface area contributed by atoms with E-state index in [2.05, 4.69) is 29.2 Å². The molecule has 196 valence electrons. The van der Waals surface area contributed by atoms with Crippen molar-refractivity contribution in [2.45, 2.75) is 65.0 Å². The monoisotopic (exact) mass is 494 g/mol. The van der Waals surface area contributed by atoms with Crippen molar-refractivity contribution in [1.82, 2.24) is 9.80 Å². The molecule has 0 N–H and O–H groups in total. The van der Waals surface area contributed by atoms with Crippen LogP contribution in [0.15, 0.2) is 42.5 Å². The van der Waals surface area contributed by atoms with Gasteiger partial charge < -0.3 is 19.1 Å². The molecule has 0 saturated carbocycles. The number of likely N-dealkylation sites (N-methyl/N-ethyl adjacent to an activating group) is 1. The fourth-order valence-corrected chi connectivity index (χ4v) is 5.56. The fraction of sp³-hybridized carbons (Fsp3) is 0.567. The Labute approximate surface area is 216 Å².